The quantitative estimate of drug-likeness (QED) is 0.0301. The highest BCUT2D eigenvalue weighted by Gasteiger charge is 2.45. The Morgan fingerprint density at radius 2 is 0.771 bits per heavy atom. The predicted molar refractivity (Wildman–Crippen MR) is 417 cm³/mol. The van der Waals surface area contributed by atoms with E-state index in [9.17, 15) is 9.59 Å². The van der Waals surface area contributed by atoms with Crippen molar-refractivity contribution in [3.8, 4) is 71.0 Å². The van der Waals surface area contributed by atoms with Crippen LogP contribution in [0.5, 0.6) is 0 Å². The summed E-state index contributed by atoms with van der Waals surface area (Å²) in [6.07, 6.45) is 17.4. The zero-order valence-electron chi connectivity index (χ0n) is 56.7. The van der Waals surface area contributed by atoms with E-state index in [1.54, 1.807) is 35.6 Å². The van der Waals surface area contributed by atoms with Gasteiger partial charge >= 0.3 is 0 Å². The van der Waals surface area contributed by atoms with Gasteiger partial charge in [0.1, 0.15) is 0 Å². The summed E-state index contributed by atoms with van der Waals surface area (Å²) in [6, 6.07) is 24.5. The Kier molecular flexibility index (Phi) is 23.4. The van der Waals surface area contributed by atoms with E-state index in [2.05, 4.69) is 98.7 Å². The maximum atomic E-state index is 17.0. The first kappa shape index (κ1) is 71.2. The fourth-order valence-corrected chi connectivity index (χ4v) is 25.9. The van der Waals surface area contributed by atoms with Gasteiger partial charge in [-0.05, 0) is 136 Å². The number of benzene rings is 2. The molecular formula is C78H86F2N2O4S10. The highest BCUT2D eigenvalue weighted by Crippen LogP contribution is 2.57. The first-order chi connectivity index (χ1) is 46.6. The van der Waals surface area contributed by atoms with Crippen LogP contribution in [0.1, 0.15) is 209 Å². The minimum absolute atomic E-state index is 0.0945. The number of amides is 4. The maximum Gasteiger partial charge on any atom is 0.263 e. The van der Waals surface area contributed by atoms with Crippen molar-refractivity contribution < 1.29 is 28.0 Å². The third kappa shape index (κ3) is 14.1. The number of hydrogen-bond donors (Lipinski definition) is 0. The van der Waals surface area contributed by atoms with Crippen LogP contribution in [0.3, 0.4) is 0 Å². The molecule has 0 N–H and O–H groups in total. The Labute approximate surface area is 606 Å². The van der Waals surface area contributed by atoms with Crippen LogP contribution < -0.4 is 0 Å². The SMILES string of the molecule is CCCCC(CC)CSc1ccc(-c2c3cc(-c4sc(-c5ccc(-c6ccc(-c7ccc(-c8sc(C)c9c8C(=O)N(CC(CC)CCCC)C9=O)s7)c(F)c6F)s5)c5c4C(=O)N(CC(CC)CCCC)C5=O)sc3c(-c3ccc(SCC(CC)CCCC)s3)c3cc(C)sc23)s1. The van der Waals surface area contributed by atoms with Crippen molar-refractivity contribution in [3.05, 3.63) is 116 Å². The molecule has 18 heteroatoms. The summed E-state index contributed by atoms with van der Waals surface area (Å²) in [7, 11) is 0. The van der Waals surface area contributed by atoms with E-state index in [0.717, 1.165) is 87.6 Å². The number of aryl methyl sites for hydroxylation is 2. The van der Waals surface area contributed by atoms with Crippen molar-refractivity contribution in [2.45, 2.75) is 180 Å². The second-order valence-electron chi connectivity index (χ2n) is 26.0. The summed E-state index contributed by atoms with van der Waals surface area (Å²) in [6.45, 7) is 22.5. The molecule has 0 fully saturated rings. The van der Waals surface area contributed by atoms with Crippen molar-refractivity contribution in [2.75, 3.05) is 24.6 Å². The summed E-state index contributed by atoms with van der Waals surface area (Å²) in [4.78, 5) is 71.5. The smallest absolute Gasteiger partial charge is 0.263 e. The van der Waals surface area contributed by atoms with Crippen LogP contribution in [-0.2, 0) is 0 Å². The van der Waals surface area contributed by atoms with E-state index in [-0.39, 0.29) is 46.6 Å². The first-order valence-electron chi connectivity index (χ1n) is 34.7. The van der Waals surface area contributed by atoms with Crippen LogP contribution in [0, 0.1) is 49.2 Å². The second kappa shape index (κ2) is 31.5. The van der Waals surface area contributed by atoms with Gasteiger partial charge in [-0.1, -0.05) is 132 Å². The number of halogens is 2. The molecule has 4 atom stereocenters. The average molecular weight is 1470 g/mol. The molecule has 10 heterocycles. The summed E-state index contributed by atoms with van der Waals surface area (Å²) in [5.74, 6) is 0.812. The van der Waals surface area contributed by atoms with Crippen LogP contribution in [0.25, 0.3) is 91.2 Å². The molecule has 12 rings (SSSR count). The Balaban J connectivity index is 0.933. The summed E-state index contributed by atoms with van der Waals surface area (Å²) in [5, 5.41) is 2.38. The van der Waals surface area contributed by atoms with Gasteiger partial charge in [0.15, 0.2) is 11.6 Å². The molecule has 0 radical (unpaired) electrons. The van der Waals surface area contributed by atoms with Crippen LogP contribution >= 0.6 is 114 Å². The standard InChI is InChI=1S/C78H86F2N2O4S10/c1-11-19-23-45(15-5)39-81-75(83)62-44(10)90-72(65(62)76(81)84)57-31-29-53(91-57)49-27-28-50(69(80)68(49)79)54-30-32-58(92-54)73-66-67(78(86)82(77(66)85)40-46(16-6)24-20-12-2)74(96-73)59-38-52-64(56-34-36-61(94-56)88-42-48(18-8)26-22-14-4)70-51(37-43(9)89-70)63(71(52)95-59)55-33-35-60(93-55)87-41-47(17-7)25-21-13-3/h27-38,45-48H,11-26,39-42H2,1-10H3. The highest BCUT2D eigenvalue weighted by molar-refractivity contribution is 8.01. The normalized spacial score (nSPS) is 14.6. The van der Waals surface area contributed by atoms with Gasteiger partial charge in [-0.2, -0.15) is 0 Å². The molecule has 2 aliphatic heterocycles. The van der Waals surface area contributed by atoms with Crippen LogP contribution in [0.15, 0.2) is 81.2 Å². The van der Waals surface area contributed by atoms with E-state index in [4.69, 9.17) is 0 Å². The van der Waals surface area contributed by atoms with E-state index in [1.807, 2.05) is 76.6 Å². The lowest BCUT2D eigenvalue weighted by Crippen LogP contribution is -2.34. The summed E-state index contributed by atoms with van der Waals surface area (Å²) < 4.78 is 38.9. The average Bonchev–Trinajstić information content (AvgIpc) is 1.55. The van der Waals surface area contributed by atoms with Gasteiger partial charge in [0.25, 0.3) is 23.6 Å². The Morgan fingerprint density at radius 3 is 1.23 bits per heavy atom. The molecular weight excluding hydrogens is 1390 g/mol. The van der Waals surface area contributed by atoms with E-state index < -0.39 is 11.6 Å². The minimum Gasteiger partial charge on any atom is -0.274 e. The number of unbranched alkanes of at least 4 members (excludes halogenated alkanes) is 4. The topological polar surface area (TPSA) is 74.8 Å². The third-order valence-electron chi connectivity index (χ3n) is 19.5. The maximum absolute atomic E-state index is 17.0. The molecule has 6 nitrogen and oxygen atoms in total. The van der Waals surface area contributed by atoms with Gasteiger partial charge in [-0.15, -0.1) is 114 Å². The number of rotatable bonds is 33. The zero-order chi connectivity index (χ0) is 67.6. The van der Waals surface area contributed by atoms with E-state index in [0.29, 0.717) is 76.4 Å². The molecule has 2 aromatic carbocycles. The molecule has 10 aromatic rings. The molecule has 96 heavy (non-hydrogen) atoms. The number of carbonyl (C=O) groups is 4. The number of thiophene rings is 8. The minimum atomic E-state index is -0.991. The number of imide groups is 2. The fourth-order valence-electron chi connectivity index (χ4n) is 13.7. The summed E-state index contributed by atoms with van der Waals surface area (Å²) >= 11 is 16.7. The highest BCUT2D eigenvalue weighted by atomic mass is 32.2. The second-order valence-corrected chi connectivity index (χ2v) is 37.6. The van der Waals surface area contributed by atoms with Crippen LogP contribution in [0.2, 0.25) is 0 Å². The fraction of sp³-hybridized carbons (Fsp3) is 0.436. The molecule has 0 bridgehead atoms. The molecule has 0 saturated carbocycles. The third-order valence-corrected chi connectivity index (χ3v) is 31.9. The largest absolute Gasteiger partial charge is 0.274 e. The lowest BCUT2D eigenvalue weighted by atomic mass is 9.99. The van der Waals surface area contributed by atoms with Gasteiger partial charge in [-0.25, -0.2) is 8.78 Å². The van der Waals surface area contributed by atoms with Crippen molar-refractivity contribution in [2.24, 2.45) is 23.7 Å². The predicted octanol–water partition coefficient (Wildman–Crippen LogP) is 27.3. The lowest BCUT2D eigenvalue weighted by Gasteiger charge is -2.21. The molecule has 0 saturated heterocycles. The van der Waals surface area contributed by atoms with Gasteiger partial charge < -0.3 is 0 Å². The van der Waals surface area contributed by atoms with Crippen molar-refractivity contribution in [3.63, 3.8) is 0 Å². The van der Waals surface area contributed by atoms with Gasteiger partial charge in [0, 0.05) is 111 Å². The number of nitrogens with zero attached hydrogens (tertiary/aromatic N) is 2. The van der Waals surface area contributed by atoms with Crippen LogP contribution in [0.4, 0.5) is 8.78 Å². The zero-order valence-corrected chi connectivity index (χ0v) is 64.9. The Bertz CT molecular complexity index is 4370. The van der Waals surface area contributed by atoms with Crippen molar-refractivity contribution in [1.29, 1.82) is 0 Å². The number of fused-ring (bicyclic) bond motifs is 4. The Morgan fingerprint density at radius 1 is 0.385 bits per heavy atom. The Hall–Kier alpha value is -4.60. The number of carbonyl (C=O) groups excluding carboxylic acids is 4. The first-order valence-corrected chi connectivity index (χ1v) is 43.2. The molecule has 0 aliphatic carbocycles. The van der Waals surface area contributed by atoms with E-state index >= 15 is 18.4 Å². The molecule has 4 unspecified atom stereocenters. The van der Waals surface area contributed by atoms with Crippen molar-refractivity contribution >= 4 is 158 Å². The number of thioether (sulfide) groups is 2. The van der Waals surface area contributed by atoms with Gasteiger partial charge in [0.05, 0.1) is 45.3 Å². The number of hydrogen-bond acceptors (Lipinski definition) is 14. The molecule has 8 aromatic heterocycles. The van der Waals surface area contributed by atoms with E-state index in [1.165, 1.54) is 151 Å². The molecule has 0 spiro atoms. The molecule has 2 aliphatic rings. The van der Waals surface area contributed by atoms with Gasteiger partial charge in [-0.3, -0.25) is 29.0 Å². The van der Waals surface area contributed by atoms with Crippen LogP contribution in [-0.4, -0.2) is 58.0 Å². The molecule has 4 amide bonds. The lowest BCUT2D eigenvalue weighted by molar-refractivity contribution is 0.0609. The molecule has 506 valence electrons. The monoisotopic (exact) mass is 1470 g/mol. The summed E-state index contributed by atoms with van der Waals surface area (Å²) in [5.41, 5.74) is 4.30. The van der Waals surface area contributed by atoms with Gasteiger partial charge in [0.2, 0.25) is 0 Å². The van der Waals surface area contributed by atoms with Crippen molar-refractivity contribution in [1.82, 2.24) is 9.80 Å².